The van der Waals surface area contributed by atoms with Gasteiger partial charge < -0.3 is 5.32 Å². The van der Waals surface area contributed by atoms with Gasteiger partial charge in [-0.3, -0.25) is 10.1 Å². The second kappa shape index (κ2) is 5.65. The van der Waals surface area contributed by atoms with Crippen molar-refractivity contribution in [3.8, 4) is 0 Å². The minimum Gasteiger partial charge on any atom is -0.364 e. The summed E-state index contributed by atoms with van der Waals surface area (Å²) in [7, 11) is 0. The van der Waals surface area contributed by atoms with Gasteiger partial charge >= 0.3 is 11.9 Å². The van der Waals surface area contributed by atoms with Crippen LogP contribution in [0.25, 0.3) is 0 Å². The molecule has 1 rings (SSSR count). The number of hydrogen-bond acceptors (Lipinski definition) is 4. The van der Waals surface area contributed by atoms with E-state index in [1.807, 2.05) is 0 Å². The molecule has 0 aromatic carbocycles. The van der Waals surface area contributed by atoms with Crippen molar-refractivity contribution >= 4 is 11.5 Å². The standard InChI is InChI=1S/C10H12F3N3O2/c1-7-3-4-8(16(17)18)9(15-7)14-6-2-5-10(11,12)13/h3-4H,2,5-6H2,1H3,(H,14,15). The van der Waals surface area contributed by atoms with Crippen molar-refractivity contribution < 1.29 is 18.1 Å². The van der Waals surface area contributed by atoms with E-state index < -0.39 is 17.5 Å². The quantitative estimate of drug-likeness (QED) is 0.503. The number of nitrogens with zero attached hydrogens (tertiary/aromatic N) is 2. The van der Waals surface area contributed by atoms with Gasteiger partial charge in [0.15, 0.2) is 0 Å². The molecule has 0 bridgehead atoms. The van der Waals surface area contributed by atoms with Crippen LogP contribution in [0.5, 0.6) is 0 Å². The summed E-state index contributed by atoms with van der Waals surface area (Å²) in [4.78, 5) is 13.9. The van der Waals surface area contributed by atoms with Crippen LogP contribution < -0.4 is 5.32 Å². The van der Waals surface area contributed by atoms with Crippen molar-refractivity contribution in [2.75, 3.05) is 11.9 Å². The number of aryl methyl sites for hydroxylation is 1. The summed E-state index contributed by atoms with van der Waals surface area (Å²) < 4.78 is 35.7. The molecule has 0 saturated heterocycles. The third-order valence-corrected chi connectivity index (χ3v) is 2.14. The number of rotatable bonds is 5. The summed E-state index contributed by atoms with van der Waals surface area (Å²) in [5, 5.41) is 13.2. The van der Waals surface area contributed by atoms with E-state index in [2.05, 4.69) is 10.3 Å². The van der Waals surface area contributed by atoms with Gasteiger partial charge in [-0.1, -0.05) is 0 Å². The van der Waals surface area contributed by atoms with Gasteiger partial charge in [-0.05, 0) is 19.4 Å². The number of nitrogens with one attached hydrogen (secondary N) is 1. The smallest absolute Gasteiger partial charge is 0.364 e. The first kappa shape index (κ1) is 14.2. The largest absolute Gasteiger partial charge is 0.389 e. The van der Waals surface area contributed by atoms with Crippen LogP contribution in [0.1, 0.15) is 18.5 Å². The molecule has 1 aromatic rings. The highest BCUT2D eigenvalue weighted by molar-refractivity contribution is 5.55. The molecule has 100 valence electrons. The maximum absolute atomic E-state index is 11.9. The lowest BCUT2D eigenvalue weighted by molar-refractivity contribution is -0.384. The molecule has 0 fully saturated rings. The Bertz CT molecular complexity index is 435. The normalized spacial score (nSPS) is 11.3. The number of hydrogen-bond donors (Lipinski definition) is 1. The van der Waals surface area contributed by atoms with Crippen LogP contribution in [0.2, 0.25) is 0 Å². The molecule has 18 heavy (non-hydrogen) atoms. The van der Waals surface area contributed by atoms with E-state index >= 15 is 0 Å². The minimum absolute atomic E-state index is 0.00201. The average molecular weight is 263 g/mol. The molecule has 1 aromatic heterocycles. The SMILES string of the molecule is Cc1ccc([N+](=O)[O-])c(NCCCC(F)(F)F)n1. The Hall–Kier alpha value is -1.86. The molecule has 0 amide bonds. The van der Waals surface area contributed by atoms with Crippen LogP contribution in [-0.4, -0.2) is 22.6 Å². The molecule has 0 saturated carbocycles. The third kappa shape index (κ3) is 4.56. The first-order chi connectivity index (χ1) is 8.29. The van der Waals surface area contributed by atoms with E-state index in [1.165, 1.54) is 12.1 Å². The second-order valence-electron chi connectivity index (χ2n) is 3.72. The van der Waals surface area contributed by atoms with Crippen molar-refractivity contribution in [1.29, 1.82) is 0 Å². The monoisotopic (exact) mass is 263 g/mol. The molecular weight excluding hydrogens is 251 g/mol. The Balaban J connectivity index is 2.61. The molecule has 0 spiro atoms. The highest BCUT2D eigenvalue weighted by Gasteiger charge is 2.26. The first-order valence-electron chi connectivity index (χ1n) is 5.22. The minimum atomic E-state index is -4.21. The number of anilines is 1. The predicted molar refractivity (Wildman–Crippen MR) is 59.4 cm³/mol. The lowest BCUT2D eigenvalue weighted by atomic mass is 10.3. The summed E-state index contributed by atoms with van der Waals surface area (Å²) in [5.41, 5.74) is 0.312. The van der Waals surface area contributed by atoms with Crippen LogP contribution in [0.15, 0.2) is 12.1 Å². The summed E-state index contributed by atoms with van der Waals surface area (Å²) in [6.45, 7) is 1.63. The second-order valence-corrected chi connectivity index (χ2v) is 3.72. The van der Waals surface area contributed by atoms with Gasteiger partial charge in [0.2, 0.25) is 5.82 Å². The van der Waals surface area contributed by atoms with Crippen LogP contribution in [0.3, 0.4) is 0 Å². The molecule has 0 aliphatic rings. The number of aromatic nitrogens is 1. The fourth-order valence-corrected chi connectivity index (χ4v) is 1.32. The summed E-state index contributed by atoms with van der Waals surface area (Å²) in [6.07, 6.45) is -5.30. The zero-order chi connectivity index (χ0) is 13.8. The van der Waals surface area contributed by atoms with Gasteiger partial charge in [0.05, 0.1) is 4.92 Å². The van der Waals surface area contributed by atoms with Crippen molar-refractivity contribution in [2.45, 2.75) is 25.9 Å². The highest BCUT2D eigenvalue weighted by Crippen LogP contribution is 2.23. The topological polar surface area (TPSA) is 68.1 Å². The van der Waals surface area contributed by atoms with Gasteiger partial charge in [-0.2, -0.15) is 13.2 Å². The molecule has 8 heteroatoms. The summed E-state index contributed by atoms with van der Waals surface area (Å²) in [6, 6.07) is 2.74. The zero-order valence-electron chi connectivity index (χ0n) is 9.62. The van der Waals surface area contributed by atoms with E-state index in [4.69, 9.17) is 0 Å². The fraction of sp³-hybridized carbons (Fsp3) is 0.500. The van der Waals surface area contributed by atoms with Crippen LogP contribution >= 0.6 is 0 Å². The van der Waals surface area contributed by atoms with Gasteiger partial charge in [-0.15, -0.1) is 0 Å². The van der Waals surface area contributed by atoms with Crippen molar-refractivity contribution in [3.05, 3.63) is 27.9 Å². The fourth-order valence-electron chi connectivity index (χ4n) is 1.32. The first-order valence-corrected chi connectivity index (χ1v) is 5.22. The molecule has 5 nitrogen and oxygen atoms in total. The Morgan fingerprint density at radius 2 is 2.11 bits per heavy atom. The number of pyridine rings is 1. The van der Waals surface area contributed by atoms with Crippen molar-refractivity contribution in [3.63, 3.8) is 0 Å². The van der Waals surface area contributed by atoms with Gasteiger partial charge in [0.25, 0.3) is 0 Å². The maximum atomic E-state index is 11.9. The van der Waals surface area contributed by atoms with Crippen molar-refractivity contribution in [2.24, 2.45) is 0 Å². The Labute approximate surface area is 101 Å². The van der Waals surface area contributed by atoms with E-state index in [-0.39, 0.29) is 24.5 Å². The Kier molecular flexibility index (Phi) is 4.46. The summed E-state index contributed by atoms with van der Waals surface area (Å²) in [5.74, 6) is 0.00201. The lowest BCUT2D eigenvalue weighted by Crippen LogP contribution is -2.12. The van der Waals surface area contributed by atoms with E-state index in [1.54, 1.807) is 6.92 Å². The van der Waals surface area contributed by atoms with E-state index in [9.17, 15) is 23.3 Å². The predicted octanol–water partition coefficient (Wildman–Crippen LogP) is 3.05. The molecule has 1 N–H and O–H groups in total. The van der Waals surface area contributed by atoms with E-state index in [0.29, 0.717) is 5.69 Å². The van der Waals surface area contributed by atoms with Gasteiger partial charge in [-0.25, -0.2) is 4.98 Å². The molecule has 0 atom stereocenters. The lowest BCUT2D eigenvalue weighted by Gasteiger charge is -2.08. The van der Waals surface area contributed by atoms with Crippen LogP contribution in [0.4, 0.5) is 24.7 Å². The average Bonchev–Trinajstić information content (AvgIpc) is 2.22. The molecule has 0 radical (unpaired) electrons. The van der Waals surface area contributed by atoms with E-state index in [0.717, 1.165) is 0 Å². The van der Waals surface area contributed by atoms with Crippen LogP contribution in [-0.2, 0) is 0 Å². The number of halogens is 3. The molecule has 0 aliphatic carbocycles. The summed E-state index contributed by atoms with van der Waals surface area (Å²) >= 11 is 0. The number of alkyl halides is 3. The Morgan fingerprint density at radius 3 is 2.67 bits per heavy atom. The molecule has 0 aliphatic heterocycles. The van der Waals surface area contributed by atoms with Crippen molar-refractivity contribution in [1.82, 2.24) is 4.98 Å². The van der Waals surface area contributed by atoms with Gasteiger partial charge in [0, 0.05) is 24.7 Å². The third-order valence-electron chi connectivity index (χ3n) is 2.14. The highest BCUT2D eigenvalue weighted by atomic mass is 19.4. The van der Waals surface area contributed by atoms with Gasteiger partial charge in [0.1, 0.15) is 0 Å². The maximum Gasteiger partial charge on any atom is 0.389 e. The number of nitro groups is 1. The molecular formula is C10H12F3N3O2. The molecule has 0 unspecified atom stereocenters. The molecule has 1 heterocycles. The zero-order valence-corrected chi connectivity index (χ0v) is 9.62. The van der Waals surface area contributed by atoms with Crippen LogP contribution in [0, 0.1) is 17.0 Å². The Morgan fingerprint density at radius 1 is 1.44 bits per heavy atom.